The summed E-state index contributed by atoms with van der Waals surface area (Å²) in [5, 5.41) is 15.2. The van der Waals surface area contributed by atoms with E-state index in [-0.39, 0.29) is 29.0 Å². The molecule has 0 atom stereocenters. The van der Waals surface area contributed by atoms with Gasteiger partial charge < -0.3 is 9.26 Å². The number of aromatic nitrogens is 2. The Kier molecular flexibility index (Phi) is 4.43. The number of nitro groups is 1. The van der Waals surface area contributed by atoms with Crippen molar-refractivity contribution < 1.29 is 14.2 Å². The van der Waals surface area contributed by atoms with Gasteiger partial charge in [-0.2, -0.15) is 4.98 Å². The van der Waals surface area contributed by atoms with Crippen molar-refractivity contribution in [1.29, 1.82) is 0 Å². The Hall–Kier alpha value is -2.93. The maximum Gasteiger partial charge on any atom is 0.312 e. The van der Waals surface area contributed by atoms with Crippen molar-refractivity contribution in [2.24, 2.45) is 0 Å². The predicted octanol–water partition coefficient (Wildman–Crippen LogP) is 4.19. The molecule has 0 radical (unpaired) electrons. The molecule has 0 amide bonds. The molecule has 0 saturated carbocycles. The van der Waals surface area contributed by atoms with Crippen LogP contribution in [0.15, 0.2) is 47.0 Å². The molecule has 0 fully saturated rings. The average Bonchev–Trinajstić information content (AvgIpc) is 3.03. The Morgan fingerprint density at radius 2 is 2.00 bits per heavy atom. The number of nitrogens with zero attached hydrogens (tertiary/aromatic N) is 3. The molecular weight excluding hydrogens is 334 g/mol. The van der Waals surface area contributed by atoms with E-state index in [4.69, 9.17) is 20.9 Å². The van der Waals surface area contributed by atoms with Crippen LogP contribution in [-0.2, 0) is 6.61 Å². The Morgan fingerprint density at radius 1 is 1.25 bits per heavy atom. The largest absolute Gasteiger partial charge is 0.477 e. The quantitative estimate of drug-likeness (QED) is 0.508. The maximum absolute atomic E-state index is 11.0. The normalized spacial score (nSPS) is 10.6. The summed E-state index contributed by atoms with van der Waals surface area (Å²) >= 11 is 5.76. The SMILES string of the molecule is Cc1ccc(-c2noc(COc3ccc(Cl)cc3[N+](=O)[O-])n2)cc1. The molecule has 0 aliphatic rings. The van der Waals surface area contributed by atoms with Crippen molar-refractivity contribution in [3.8, 4) is 17.1 Å². The Morgan fingerprint density at radius 3 is 2.71 bits per heavy atom. The van der Waals surface area contributed by atoms with Crippen LogP contribution in [0.5, 0.6) is 5.75 Å². The second kappa shape index (κ2) is 6.67. The number of halogens is 1. The van der Waals surface area contributed by atoms with Gasteiger partial charge in [-0.15, -0.1) is 0 Å². The van der Waals surface area contributed by atoms with E-state index in [2.05, 4.69) is 10.1 Å². The summed E-state index contributed by atoms with van der Waals surface area (Å²) in [4.78, 5) is 14.7. The van der Waals surface area contributed by atoms with E-state index >= 15 is 0 Å². The van der Waals surface area contributed by atoms with Crippen LogP contribution in [-0.4, -0.2) is 15.1 Å². The highest BCUT2D eigenvalue weighted by atomic mass is 35.5. The van der Waals surface area contributed by atoms with Gasteiger partial charge in [0.15, 0.2) is 12.4 Å². The fourth-order valence-corrected chi connectivity index (χ4v) is 2.19. The van der Waals surface area contributed by atoms with Gasteiger partial charge in [0, 0.05) is 16.7 Å². The molecule has 1 aromatic heterocycles. The minimum absolute atomic E-state index is 0.0820. The summed E-state index contributed by atoms with van der Waals surface area (Å²) < 4.78 is 10.5. The number of ether oxygens (including phenoxy) is 1. The number of aryl methyl sites for hydroxylation is 1. The van der Waals surface area contributed by atoms with Crippen LogP contribution >= 0.6 is 11.6 Å². The third-order valence-electron chi connectivity index (χ3n) is 3.25. The molecule has 0 bridgehead atoms. The van der Waals surface area contributed by atoms with Crippen LogP contribution in [0.2, 0.25) is 5.02 Å². The molecule has 122 valence electrons. The molecule has 3 rings (SSSR count). The lowest BCUT2D eigenvalue weighted by molar-refractivity contribution is -0.385. The van der Waals surface area contributed by atoms with Crippen molar-refractivity contribution in [1.82, 2.24) is 10.1 Å². The van der Waals surface area contributed by atoms with Crippen LogP contribution in [0.4, 0.5) is 5.69 Å². The molecule has 8 heteroatoms. The fraction of sp³-hybridized carbons (Fsp3) is 0.125. The zero-order chi connectivity index (χ0) is 17.1. The van der Waals surface area contributed by atoms with E-state index in [0.717, 1.165) is 11.1 Å². The number of rotatable bonds is 5. The van der Waals surface area contributed by atoms with E-state index < -0.39 is 4.92 Å². The first-order valence-electron chi connectivity index (χ1n) is 6.99. The molecular formula is C16H12ClN3O4. The Balaban J connectivity index is 1.74. The van der Waals surface area contributed by atoms with Crippen molar-refractivity contribution in [2.75, 3.05) is 0 Å². The van der Waals surface area contributed by atoms with Crippen LogP contribution < -0.4 is 4.74 Å². The number of nitro benzene ring substituents is 1. The van der Waals surface area contributed by atoms with Crippen LogP contribution in [0, 0.1) is 17.0 Å². The second-order valence-electron chi connectivity index (χ2n) is 5.04. The monoisotopic (exact) mass is 345 g/mol. The summed E-state index contributed by atoms with van der Waals surface area (Å²) in [5.41, 5.74) is 1.72. The smallest absolute Gasteiger partial charge is 0.312 e. The molecule has 24 heavy (non-hydrogen) atoms. The number of hydrogen-bond acceptors (Lipinski definition) is 6. The van der Waals surface area contributed by atoms with Gasteiger partial charge in [-0.3, -0.25) is 10.1 Å². The van der Waals surface area contributed by atoms with Crippen molar-refractivity contribution in [3.63, 3.8) is 0 Å². The number of benzene rings is 2. The molecule has 2 aromatic carbocycles. The van der Waals surface area contributed by atoms with Gasteiger partial charge in [-0.05, 0) is 19.1 Å². The fourth-order valence-electron chi connectivity index (χ4n) is 2.03. The second-order valence-corrected chi connectivity index (χ2v) is 5.47. The van der Waals surface area contributed by atoms with Crippen LogP contribution in [0.25, 0.3) is 11.4 Å². The summed E-state index contributed by atoms with van der Waals surface area (Å²) in [6, 6.07) is 11.8. The lowest BCUT2D eigenvalue weighted by atomic mass is 10.1. The van der Waals surface area contributed by atoms with Gasteiger partial charge in [-0.1, -0.05) is 46.6 Å². The first-order valence-corrected chi connectivity index (χ1v) is 7.37. The van der Waals surface area contributed by atoms with Gasteiger partial charge in [0.05, 0.1) is 4.92 Å². The Labute approximate surface area is 142 Å². The average molecular weight is 346 g/mol. The first-order chi connectivity index (χ1) is 11.5. The molecule has 0 N–H and O–H groups in total. The standard InChI is InChI=1S/C16H12ClN3O4/c1-10-2-4-11(5-3-10)16-18-15(24-19-16)9-23-14-7-6-12(17)8-13(14)20(21)22/h2-8H,9H2,1H3. The van der Waals surface area contributed by atoms with Gasteiger partial charge in [0.2, 0.25) is 5.82 Å². The van der Waals surface area contributed by atoms with Gasteiger partial charge >= 0.3 is 5.69 Å². The highest BCUT2D eigenvalue weighted by Crippen LogP contribution is 2.30. The van der Waals surface area contributed by atoms with E-state index in [1.165, 1.54) is 18.2 Å². The van der Waals surface area contributed by atoms with Crippen LogP contribution in [0.3, 0.4) is 0 Å². The van der Waals surface area contributed by atoms with Crippen molar-refractivity contribution in [2.45, 2.75) is 13.5 Å². The molecule has 1 heterocycles. The predicted molar refractivity (Wildman–Crippen MR) is 86.9 cm³/mol. The van der Waals surface area contributed by atoms with Crippen molar-refractivity contribution in [3.05, 3.63) is 69.1 Å². The number of hydrogen-bond donors (Lipinski definition) is 0. The zero-order valence-electron chi connectivity index (χ0n) is 12.6. The molecule has 3 aromatic rings. The third kappa shape index (κ3) is 3.52. The van der Waals surface area contributed by atoms with E-state index in [0.29, 0.717) is 5.82 Å². The summed E-state index contributed by atoms with van der Waals surface area (Å²) in [7, 11) is 0. The zero-order valence-corrected chi connectivity index (χ0v) is 13.4. The third-order valence-corrected chi connectivity index (χ3v) is 3.48. The minimum Gasteiger partial charge on any atom is -0.477 e. The molecule has 7 nitrogen and oxygen atoms in total. The van der Waals surface area contributed by atoms with Gasteiger partial charge in [-0.25, -0.2) is 0 Å². The summed E-state index contributed by atoms with van der Waals surface area (Å²) in [5.74, 6) is 0.730. The van der Waals surface area contributed by atoms with Crippen LogP contribution in [0.1, 0.15) is 11.5 Å². The highest BCUT2D eigenvalue weighted by molar-refractivity contribution is 6.30. The Bertz CT molecular complexity index is 877. The topological polar surface area (TPSA) is 91.3 Å². The van der Waals surface area contributed by atoms with E-state index in [1.54, 1.807) is 0 Å². The van der Waals surface area contributed by atoms with E-state index in [9.17, 15) is 10.1 Å². The molecule has 0 aliphatic heterocycles. The minimum atomic E-state index is -0.563. The highest BCUT2D eigenvalue weighted by Gasteiger charge is 2.17. The van der Waals surface area contributed by atoms with Gasteiger partial charge in [0.25, 0.3) is 5.89 Å². The summed E-state index contributed by atoms with van der Waals surface area (Å²) in [6.07, 6.45) is 0. The maximum atomic E-state index is 11.0. The lowest BCUT2D eigenvalue weighted by Crippen LogP contribution is -1.99. The van der Waals surface area contributed by atoms with Crippen molar-refractivity contribution >= 4 is 17.3 Å². The molecule has 0 unspecified atom stereocenters. The molecule has 0 saturated heterocycles. The van der Waals surface area contributed by atoms with E-state index in [1.807, 2.05) is 31.2 Å². The lowest BCUT2D eigenvalue weighted by Gasteiger charge is -2.04. The molecule has 0 aliphatic carbocycles. The summed E-state index contributed by atoms with van der Waals surface area (Å²) in [6.45, 7) is 1.90. The molecule has 0 spiro atoms. The van der Waals surface area contributed by atoms with Gasteiger partial charge in [0.1, 0.15) is 0 Å². The first kappa shape index (κ1) is 15.9.